The van der Waals surface area contributed by atoms with E-state index >= 15 is 0 Å². The number of nitrogens with one attached hydrogen (secondary N) is 1. The number of benzene rings is 2. The molecule has 1 saturated heterocycles. The number of H-pyrrole nitrogens is 1. The molecule has 0 radical (unpaired) electrons. The maximum Gasteiger partial charge on any atom is 0.161 e. The predicted octanol–water partition coefficient (Wildman–Crippen LogP) is 3.47. The van der Waals surface area contributed by atoms with Crippen molar-refractivity contribution in [1.82, 2.24) is 15.0 Å². The summed E-state index contributed by atoms with van der Waals surface area (Å²) >= 11 is 0. The van der Waals surface area contributed by atoms with Gasteiger partial charge in [-0.15, -0.1) is 0 Å². The van der Waals surface area contributed by atoms with Crippen LogP contribution in [0, 0.1) is 11.3 Å². The molecule has 34 heavy (non-hydrogen) atoms. The van der Waals surface area contributed by atoms with E-state index in [2.05, 4.69) is 16.0 Å². The molecule has 3 heterocycles. The van der Waals surface area contributed by atoms with Gasteiger partial charge in [0.1, 0.15) is 11.1 Å². The number of sulfone groups is 1. The average molecular weight is 474 g/mol. The monoisotopic (exact) mass is 473 g/mol. The fraction of sp³-hybridized carbons (Fsp3) is 0.240. The van der Waals surface area contributed by atoms with Crippen LogP contribution >= 0.6 is 0 Å². The molecule has 0 spiro atoms. The SMILES string of the molecule is CS(=O)(=O)C(c1cccc(C#N)c1)c1cc(N2CCOCC2)nc(-c2ccc3[nH]ccc3c2)n1. The first-order chi connectivity index (χ1) is 16.4. The third-order valence-electron chi connectivity index (χ3n) is 5.89. The highest BCUT2D eigenvalue weighted by atomic mass is 32.2. The number of rotatable bonds is 5. The number of anilines is 1. The number of hydrogen-bond donors (Lipinski definition) is 1. The van der Waals surface area contributed by atoms with Gasteiger partial charge < -0.3 is 14.6 Å². The molecule has 5 rings (SSSR count). The van der Waals surface area contributed by atoms with Crippen molar-refractivity contribution in [3.63, 3.8) is 0 Å². The van der Waals surface area contributed by atoms with E-state index in [9.17, 15) is 13.7 Å². The number of aromatic amines is 1. The summed E-state index contributed by atoms with van der Waals surface area (Å²) in [4.78, 5) is 14.8. The maximum atomic E-state index is 13.0. The van der Waals surface area contributed by atoms with Gasteiger partial charge in [0.25, 0.3) is 0 Å². The Labute approximate surface area is 197 Å². The Bertz CT molecular complexity index is 1500. The van der Waals surface area contributed by atoms with Gasteiger partial charge in [0, 0.05) is 48.1 Å². The van der Waals surface area contributed by atoms with Crippen LogP contribution < -0.4 is 4.90 Å². The first-order valence-corrected chi connectivity index (χ1v) is 12.9. The van der Waals surface area contributed by atoms with Crippen LogP contribution in [0.4, 0.5) is 5.82 Å². The van der Waals surface area contributed by atoms with E-state index in [1.54, 1.807) is 30.3 Å². The van der Waals surface area contributed by atoms with E-state index in [0.717, 1.165) is 16.5 Å². The molecule has 9 heteroatoms. The number of nitriles is 1. The van der Waals surface area contributed by atoms with Gasteiger partial charge in [0.05, 0.1) is 30.5 Å². The minimum absolute atomic E-state index is 0.373. The summed E-state index contributed by atoms with van der Waals surface area (Å²) in [6.07, 6.45) is 3.06. The Hall–Kier alpha value is -3.74. The van der Waals surface area contributed by atoms with E-state index in [0.29, 0.717) is 54.8 Å². The molecule has 8 nitrogen and oxygen atoms in total. The van der Waals surface area contributed by atoms with Crippen LogP contribution in [0.3, 0.4) is 0 Å². The molecule has 1 N–H and O–H groups in total. The smallest absolute Gasteiger partial charge is 0.161 e. The average Bonchev–Trinajstić information content (AvgIpc) is 3.32. The lowest BCUT2D eigenvalue weighted by molar-refractivity contribution is 0.122. The van der Waals surface area contributed by atoms with Crippen LogP contribution in [0.2, 0.25) is 0 Å². The topological polar surface area (TPSA) is 112 Å². The number of ether oxygens (including phenoxy) is 1. The fourth-order valence-corrected chi connectivity index (χ4v) is 5.47. The van der Waals surface area contributed by atoms with E-state index in [1.165, 1.54) is 6.26 Å². The first kappa shape index (κ1) is 22.1. The van der Waals surface area contributed by atoms with E-state index < -0.39 is 15.1 Å². The summed E-state index contributed by atoms with van der Waals surface area (Å²) in [6.45, 7) is 2.45. The summed E-state index contributed by atoms with van der Waals surface area (Å²) in [7, 11) is -3.62. The Kier molecular flexibility index (Phi) is 5.77. The molecule has 2 aromatic carbocycles. The van der Waals surface area contributed by atoms with Gasteiger partial charge in [-0.25, -0.2) is 18.4 Å². The third-order valence-corrected chi connectivity index (χ3v) is 7.26. The predicted molar refractivity (Wildman–Crippen MR) is 130 cm³/mol. The van der Waals surface area contributed by atoms with Crippen molar-refractivity contribution in [3.8, 4) is 17.5 Å². The molecule has 0 aliphatic carbocycles. The molecule has 1 unspecified atom stereocenters. The van der Waals surface area contributed by atoms with E-state index in [-0.39, 0.29) is 0 Å². The molecule has 2 aromatic heterocycles. The normalized spacial score (nSPS) is 15.2. The molecule has 0 bridgehead atoms. The van der Waals surface area contributed by atoms with Crippen molar-refractivity contribution >= 4 is 26.6 Å². The quantitative estimate of drug-likeness (QED) is 0.472. The van der Waals surface area contributed by atoms with Gasteiger partial charge in [-0.1, -0.05) is 12.1 Å². The first-order valence-electron chi connectivity index (χ1n) is 10.9. The van der Waals surface area contributed by atoms with Gasteiger partial charge in [-0.2, -0.15) is 5.26 Å². The number of morpholine rings is 1. The zero-order valence-corrected chi connectivity index (χ0v) is 19.4. The Balaban J connectivity index is 1.70. The van der Waals surface area contributed by atoms with Crippen molar-refractivity contribution in [2.75, 3.05) is 37.5 Å². The second-order valence-corrected chi connectivity index (χ2v) is 10.4. The number of aromatic nitrogens is 3. The molecule has 0 amide bonds. The van der Waals surface area contributed by atoms with Gasteiger partial charge in [0.2, 0.25) is 0 Å². The zero-order chi connectivity index (χ0) is 23.7. The fourth-order valence-electron chi connectivity index (χ4n) is 4.27. The highest BCUT2D eigenvalue weighted by Gasteiger charge is 2.29. The molecule has 1 atom stereocenters. The molecule has 172 valence electrons. The second kappa shape index (κ2) is 8.89. The van der Waals surface area contributed by atoms with Gasteiger partial charge in [-0.3, -0.25) is 0 Å². The molecule has 1 aliphatic rings. The van der Waals surface area contributed by atoms with Crippen LogP contribution in [0.1, 0.15) is 22.1 Å². The standard InChI is InChI=1S/C25H23N5O3S/c1-34(31,32)24(19-4-2-3-17(13-19)16-26)22-15-23(30-9-11-33-12-10-30)29-25(28-22)20-5-6-21-18(14-20)7-8-27-21/h2-8,13-15,24,27H,9-12H2,1H3. The van der Waals surface area contributed by atoms with Crippen LogP contribution in [0.25, 0.3) is 22.3 Å². The summed E-state index contributed by atoms with van der Waals surface area (Å²) in [5, 5.41) is 9.33. The van der Waals surface area contributed by atoms with Crippen molar-refractivity contribution in [2.45, 2.75) is 5.25 Å². The number of fused-ring (bicyclic) bond motifs is 1. The Morgan fingerprint density at radius 1 is 1.09 bits per heavy atom. The maximum absolute atomic E-state index is 13.0. The van der Waals surface area contributed by atoms with Crippen LogP contribution in [-0.2, 0) is 14.6 Å². The molecule has 4 aromatic rings. The van der Waals surface area contributed by atoms with Gasteiger partial charge in [0.15, 0.2) is 15.7 Å². The van der Waals surface area contributed by atoms with Crippen molar-refractivity contribution in [1.29, 1.82) is 5.26 Å². The highest BCUT2D eigenvalue weighted by Crippen LogP contribution is 2.33. The summed E-state index contributed by atoms with van der Waals surface area (Å²) in [5.41, 5.74) is 3.06. The lowest BCUT2D eigenvalue weighted by atomic mass is 10.1. The second-order valence-electron chi connectivity index (χ2n) is 8.30. The summed E-state index contributed by atoms with van der Waals surface area (Å²) in [5.74, 6) is 1.11. The van der Waals surface area contributed by atoms with Crippen LogP contribution in [-0.4, -0.2) is 55.9 Å². The lowest BCUT2D eigenvalue weighted by Gasteiger charge is -2.29. The van der Waals surface area contributed by atoms with Crippen molar-refractivity contribution in [2.24, 2.45) is 0 Å². The minimum atomic E-state index is -3.62. The molecular weight excluding hydrogens is 450 g/mol. The van der Waals surface area contributed by atoms with Gasteiger partial charge in [-0.05, 0) is 42.0 Å². The largest absolute Gasteiger partial charge is 0.378 e. The van der Waals surface area contributed by atoms with Crippen molar-refractivity contribution in [3.05, 3.63) is 77.6 Å². The summed E-state index contributed by atoms with van der Waals surface area (Å²) < 4.78 is 31.5. The minimum Gasteiger partial charge on any atom is -0.378 e. The highest BCUT2D eigenvalue weighted by molar-refractivity contribution is 7.91. The van der Waals surface area contributed by atoms with E-state index in [4.69, 9.17) is 14.7 Å². The Morgan fingerprint density at radius 3 is 2.68 bits per heavy atom. The molecular formula is C25H23N5O3S. The van der Waals surface area contributed by atoms with Crippen LogP contribution in [0.15, 0.2) is 60.8 Å². The third kappa shape index (κ3) is 4.38. The van der Waals surface area contributed by atoms with Crippen molar-refractivity contribution < 1.29 is 13.2 Å². The molecule has 1 fully saturated rings. The van der Waals surface area contributed by atoms with Crippen LogP contribution in [0.5, 0.6) is 0 Å². The van der Waals surface area contributed by atoms with Gasteiger partial charge >= 0.3 is 0 Å². The zero-order valence-electron chi connectivity index (χ0n) is 18.6. The molecule has 0 saturated carbocycles. The van der Waals surface area contributed by atoms with E-state index in [1.807, 2.05) is 30.5 Å². The molecule has 1 aliphatic heterocycles. The number of nitrogens with zero attached hydrogens (tertiary/aromatic N) is 4. The summed E-state index contributed by atoms with van der Waals surface area (Å²) in [6, 6.07) is 18.3. The Morgan fingerprint density at radius 2 is 1.91 bits per heavy atom. The lowest BCUT2D eigenvalue weighted by Crippen LogP contribution is -2.37. The number of hydrogen-bond acceptors (Lipinski definition) is 7.